The van der Waals surface area contributed by atoms with Crippen molar-refractivity contribution in [2.45, 2.75) is 213 Å². The molecule has 0 bridgehead atoms. The van der Waals surface area contributed by atoms with Crippen molar-refractivity contribution < 1.29 is 28.6 Å². The highest BCUT2D eigenvalue weighted by Gasteiger charge is 2.19. The second kappa shape index (κ2) is 46.3. The number of hydrogen-bond donors (Lipinski definition) is 0. The van der Waals surface area contributed by atoms with Gasteiger partial charge in [-0.3, -0.25) is 14.4 Å². The van der Waals surface area contributed by atoms with Gasteiger partial charge in [0, 0.05) is 19.3 Å². The van der Waals surface area contributed by atoms with E-state index in [1.165, 1.54) is 44.9 Å². The summed E-state index contributed by atoms with van der Waals surface area (Å²) in [6.07, 6.45) is 58.5. The maximum absolute atomic E-state index is 12.7. The Morgan fingerprint density at radius 3 is 1.09 bits per heavy atom. The van der Waals surface area contributed by atoms with Gasteiger partial charge in [0.15, 0.2) is 6.10 Å². The third-order valence-electron chi connectivity index (χ3n) is 9.61. The molecule has 1 atom stereocenters. The van der Waals surface area contributed by atoms with Crippen LogP contribution in [0.25, 0.3) is 0 Å². The van der Waals surface area contributed by atoms with Gasteiger partial charge in [0.1, 0.15) is 13.2 Å². The number of hydrogen-bond acceptors (Lipinski definition) is 6. The molecule has 0 aliphatic carbocycles. The number of esters is 3. The minimum absolute atomic E-state index is 0.103. The topological polar surface area (TPSA) is 78.9 Å². The molecule has 0 radical (unpaired) electrons. The third-order valence-corrected chi connectivity index (χ3v) is 9.61. The Morgan fingerprint density at radius 1 is 0.362 bits per heavy atom. The third kappa shape index (κ3) is 43.7. The molecule has 1 unspecified atom stereocenters. The Kier molecular flexibility index (Phi) is 43.6. The monoisotopic (exact) mass is 807 g/mol. The average molecular weight is 807 g/mol. The van der Waals surface area contributed by atoms with E-state index in [-0.39, 0.29) is 37.5 Å². The summed E-state index contributed by atoms with van der Waals surface area (Å²) in [6, 6.07) is 0. The minimum Gasteiger partial charge on any atom is -0.462 e. The molecule has 0 saturated heterocycles. The first-order valence-electron chi connectivity index (χ1n) is 23.6. The maximum Gasteiger partial charge on any atom is 0.306 e. The molecule has 0 heterocycles. The zero-order chi connectivity index (χ0) is 42.3. The van der Waals surface area contributed by atoms with Gasteiger partial charge in [0.05, 0.1) is 0 Å². The zero-order valence-electron chi connectivity index (χ0n) is 37.5. The predicted octanol–water partition coefficient (Wildman–Crippen LogP) is 15.3. The Hall–Kier alpha value is -3.41. The molecule has 0 aromatic heterocycles. The van der Waals surface area contributed by atoms with Crippen molar-refractivity contribution in [2.75, 3.05) is 13.2 Å². The lowest BCUT2D eigenvalue weighted by Gasteiger charge is -2.18. The van der Waals surface area contributed by atoms with Crippen molar-refractivity contribution in [3.8, 4) is 0 Å². The van der Waals surface area contributed by atoms with Crippen molar-refractivity contribution in [1.29, 1.82) is 0 Å². The Morgan fingerprint density at radius 2 is 0.672 bits per heavy atom. The molecular formula is C52H86O6. The fourth-order valence-corrected chi connectivity index (χ4v) is 6.11. The Labute approximate surface area is 356 Å². The molecule has 6 nitrogen and oxygen atoms in total. The molecule has 0 N–H and O–H groups in total. The molecule has 0 rings (SSSR count). The number of rotatable bonds is 41. The zero-order valence-corrected chi connectivity index (χ0v) is 37.5. The summed E-state index contributed by atoms with van der Waals surface area (Å²) in [5.41, 5.74) is 0. The van der Waals surface area contributed by atoms with Crippen molar-refractivity contribution in [3.63, 3.8) is 0 Å². The van der Waals surface area contributed by atoms with E-state index < -0.39 is 6.10 Å². The largest absolute Gasteiger partial charge is 0.462 e. The molecule has 0 spiro atoms. The molecule has 0 aliphatic rings. The number of unbranched alkanes of at least 4 members (excludes halogenated alkanes) is 16. The Balaban J connectivity index is 4.49. The first-order chi connectivity index (χ1) is 28.5. The fourth-order valence-electron chi connectivity index (χ4n) is 6.11. The van der Waals surface area contributed by atoms with Gasteiger partial charge in [-0.15, -0.1) is 0 Å². The first-order valence-corrected chi connectivity index (χ1v) is 23.6. The van der Waals surface area contributed by atoms with Crippen LogP contribution in [0.5, 0.6) is 0 Å². The normalized spacial score (nSPS) is 12.8. The average Bonchev–Trinajstić information content (AvgIpc) is 3.22. The van der Waals surface area contributed by atoms with E-state index in [4.69, 9.17) is 14.2 Å². The van der Waals surface area contributed by atoms with Crippen LogP contribution in [-0.4, -0.2) is 37.2 Å². The van der Waals surface area contributed by atoms with Gasteiger partial charge in [0.25, 0.3) is 0 Å². The second-order valence-electron chi connectivity index (χ2n) is 15.2. The predicted molar refractivity (Wildman–Crippen MR) is 247 cm³/mol. The summed E-state index contributed by atoms with van der Waals surface area (Å²) in [5, 5.41) is 0. The van der Waals surface area contributed by atoms with Crippen LogP contribution >= 0.6 is 0 Å². The van der Waals surface area contributed by atoms with E-state index >= 15 is 0 Å². The van der Waals surface area contributed by atoms with Crippen LogP contribution in [-0.2, 0) is 28.6 Å². The van der Waals surface area contributed by atoms with E-state index in [2.05, 4.69) is 106 Å². The second-order valence-corrected chi connectivity index (χ2v) is 15.2. The fraction of sp³-hybridized carbons (Fsp3) is 0.673. The first kappa shape index (κ1) is 54.6. The van der Waals surface area contributed by atoms with Crippen molar-refractivity contribution in [1.82, 2.24) is 0 Å². The number of allylic oxidation sites excluding steroid dienone is 14. The quantitative estimate of drug-likeness (QED) is 0.0265. The molecule has 330 valence electrons. The number of carbonyl (C=O) groups excluding carboxylic acids is 3. The number of carbonyl (C=O) groups is 3. The van der Waals surface area contributed by atoms with Crippen LogP contribution < -0.4 is 0 Å². The van der Waals surface area contributed by atoms with Crippen LogP contribution in [0.3, 0.4) is 0 Å². The molecule has 0 amide bonds. The summed E-state index contributed by atoms with van der Waals surface area (Å²) in [7, 11) is 0. The van der Waals surface area contributed by atoms with E-state index in [1.54, 1.807) is 0 Å². The smallest absolute Gasteiger partial charge is 0.306 e. The highest BCUT2D eigenvalue weighted by atomic mass is 16.6. The van der Waals surface area contributed by atoms with Crippen molar-refractivity contribution in [3.05, 3.63) is 85.1 Å². The Bertz CT molecular complexity index is 1160. The molecular weight excluding hydrogens is 721 g/mol. The van der Waals surface area contributed by atoms with Crippen molar-refractivity contribution in [2.24, 2.45) is 0 Å². The molecule has 0 aromatic rings. The lowest BCUT2D eigenvalue weighted by molar-refractivity contribution is -0.167. The van der Waals surface area contributed by atoms with E-state index in [0.717, 1.165) is 122 Å². The molecule has 0 saturated carbocycles. The van der Waals surface area contributed by atoms with Crippen LogP contribution in [0, 0.1) is 0 Å². The van der Waals surface area contributed by atoms with Crippen molar-refractivity contribution >= 4 is 17.9 Å². The van der Waals surface area contributed by atoms with Gasteiger partial charge >= 0.3 is 17.9 Å². The van der Waals surface area contributed by atoms with E-state index in [1.807, 2.05) is 0 Å². The van der Waals surface area contributed by atoms with E-state index in [0.29, 0.717) is 12.8 Å². The van der Waals surface area contributed by atoms with Gasteiger partial charge < -0.3 is 14.2 Å². The molecule has 0 aromatic carbocycles. The van der Waals surface area contributed by atoms with Gasteiger partial charge in [-0.25, -0.2) is 0 Å². The summed E-state index contributed by atoms with van der Waals surface area (Å²) in [6.45, 7) is 6.32. The summed E-state index contributed by atoms with van der Waals surface area (Å²) in [4.78, 5) is 37.8. The standard InChI is InChI=1S/C52H86O6/c1-4-7-10-13-16-19-22-25-28-30-33-36-39-42-45-51(54)57-48-49(58-52(55)46-43-40-37-34-31-27-24-21-18-15-12-9-6-3)47-56-50(53)44-41-38-35-32-29-26-23-20-17-14-11-8-5-2/h8-9,11-12,17-18,20-22,25-27,29,31,49H,4-7,10,13-16,19,23-24,28,30,32-48H2,1-3H3/b11-8-,12-9-,20-17-,21-18-,25-22-,29-26-,31-27-. The summed E-state index contributed by atoms with van der Waals surface area (Å²) >= 11 is 0. The van der Waals surface area contributed by atoms with Crippen LogP contribution in [0.15, 0.2) is 85.1 Å². The summed E-state index contributed by atoms with van der Waals surface area (Å²) in [5.74, 6) is -0.978. The van der Waals surface area contributed by atoms with Gasteiger partial charge in [-0.05, 0) is 109 Å². The highest BCUT2D eigenvalue weighted by Crippen LogP contribution is 2.12. The van der Waals surface area contributed by atoms with E-state index in [9.17, 15) is 14.4 Å². The number of ether oxygens (including phenoxy) is 3. The molecule has 6 heteroatoms. The maximum atomic E-state index is 12.7. The van der Waals surface area contributed by atoms with Gasteiger partial charge in [-0.1, -0.05) is 164 Å². The van der Waals surface area contributed by atoms with Crippen LogP contribution in [0.2, 0.25) is 0 Å². The SMILES string of the molecule is CC/C=C\C/C=C\C/C=C\CCCCCC(=O)OCC(COC(=O)CCCCCCC/C=C\CCCCCCC)OC(=O)CCCCC/C=C\C/C=C\C/C=C\CC. The minimum atomic E-state index is -0.805. The van der Waals surface area contributed by atoms with Crippen LogP contribution in [0.4, 0.5) is 0 Å². The lowest BCUT2D eigenvalue weighted by Crippen LogP contribution is -2.30. The highest BCUT2D eigenvalue weighted by molar-refractivity contribution is 5.71. The summed E-state index contributed by atoms with van der Waals surface area (Å²) < 4.78 is 16.7. The molecule has 0 fully saturated rings. The van der Waals surface area contributed by atoms with Gasteiger partial charge in [0.2, 0.25) is 0 Å². The van der Waals surface area contributed by atoms with Crippen LogP contribution in [0.1, 0.15) is 207 Å². The lowest BCUT2D eigenvalue weighted by atomic mass is 10.1. The molecule has 0 aliphatic heterocycles. The molecule has 58 heavy (non-hydrogen) atoms. The van der Waals surface area contributed by atoms with Gasteiger partial charge in [-0.2, -0.15) is 0 Å².